The van der Waals surface area contributed by atoms with E-state index in [9.17, 15) is 0 Å². The summed E-state index contributed by atoms with van der Waals surface area (Å²) in [4.78, 5) is 13.7. The van der Waals surface area contributed by atoms with Crippen LogP contribution in [0.25, 0.3) is 0 Å². The van der Waals surface area contributed by atoms with E-state index >= 15 is 0 Å². The molecular formula is C13H17N5S2. The second kappa shape index (κ2) is 6.05. The van der Waals surface area contributed by atoms with Crippen molar-refractivity contribution < 1.29 is 0 Å². The van der Waals surface area contributed by atoms with Gasteiger partial charge >= 0.3 is 0 Å². The Kier molecular flexibility index (Phi) is 4.16. The van der Waals surface area contributed by atoms with Crippen LogP contribution in [0, 0.1) is 0 Å². The molecule has 1 aliphatic carbocycles. The minimum Gasteiger partial charge on any atom is -0.370 e. The Hall–Kier alpha value is -1.21. The summed E-state index contributed by atoms with van der Waals surface area (Å²) in [5.74, 6) is 3.33. The highest BCUT2D eigenvalue weighted by Gasteiger charge is 2.27. The molecule has 0 aliphatic heterocycles. The van der Waals surface area contributed by atoms with Crippen LogP contribution in [-0.2, 0) is 6.42 Å². The molecule has 3 rings (SSSR count). The van der Waals surface area contributed by atoms with Gasteiger partial charge in [-0.15, -0.1) is 0 Å². The second-order valence-corrected chi connectivity index (χ2v) is 6.71. The predicted molar refractivity (Wildman–Crippen MR) is 81.6 cm³/mol. The molecule has 0 spiro atoms. The van der Waals surface area contributed by atoms with Crippen molar-refractivity contribution in [2.75, 3.05) is 11.9 Å². The average Bonchev–Trinajstić information content (AvgIpc) is 3.20. The maximum Gasteiger partial charge on any atom is 0.176 e. The molecule has 2 aromatic heterocycles. The number of aryl methyl sites for hydroxylation is 1. The molecule has 0 aromatic carbocycles. The quantitative estimate of drug-likeness (QED) is 0.826. The van der Waals surface area contributed by atoms with Crippen LogP contribution in [0.2, 0.25) is 0 Å². The molecule has 5 nitrogen and oxygen atoms in total. The zero-order chi connectivity index (χ0) is 13.9. The molecule has 2 heterocycles. The van der Waals surface area contributed by atoms with Gasteiger partial charge in [0.15, 0.2) is 4.34 Å². The first-order valence-corrected chi connectivity index (χ1v) is 8.50. The molecule has 7 heteroatoms. The maximum atomic E-state index is 4.66. The Balaban J connectivity index is 1.83. The summed E-state index contributed by atoms with van der Waals surface area (Å²) in [5.41, 5.74) is 0. The van der Waals surface area contributed by atoms with Crippen LogP contribution >= 0.6 is 23.3 Å². The van der Waals surface area contributed by atoms with Crippen LogP contribution in [0.3, 0.4) is 0 Å². The predicted octanol–water partition coefficient (Wildman–Crippen LogP) is 3.35. The molecule has 1 fully saturated rings. The van der Waals surface area contributed by atoms with Gasteiger partial charge in [-0.25, -0.2) is 15.0 Å². The van der Waals surface area contributed by atoms with Crippen molar-refractivity contribution in [1.29, 1.82) is 0 Å². The maximum absolute atomic E-state index is 4.66. The van der Waals surface area contributed by atoms with Crippen molar-refractivity contribution >= 4 is 29.1 Å². The zero-order valence-electron chi connectivity index (χ0n) is 11.6. The number of nitrogens with zero attached hydrogens (tertiary/aromatic N) is 4. The highest BCUT2D eigenvalue weighted by molar-refractivity contribution is 8.00. The van der Waals surface area contributed by atoms with E-state index < -0.39 is 0 Å². The molecule has 0 saturated heterocycles. The van der Waals surface area contributed by atoms with E-state index in [1.54, 1.807) is 11.8 Å². The van der Waals surface area contributed by atoms with E-state index in [1.807, 2.05) is 6.07 Å². The van der Waals surface area contributed by atoms with Crippen molar-refractivity contribution in [3.8, 4) is 0 Å². The number of nitrogens with one attached hydrogen (secondary N) is 1. The molecule has 20 heavy (non-hydrogen) atoms. The van der Waals surface area contributed by atoms with E-state index in [0.29, 0.717) is 5.92 Å². The van der Waals surface area contributed by atoms with Crippen molar-refractivity contribution in [3.05, 3.63) is 17.7 Å². The van der Waals surface area contributed by atoms with Crippen molar-refractivity contribution in [3.63, 3.8) is 0 Å². The molecule has 1 N–H and O–H groups in total. The smallest absolute Gasteiger partial charge is 0.176 e. The summed E-state index contributed by atoms with van der Waals surface area (Å²) in [6.45, 7) is 5.00. The molecule has 106 valence electrons. The number of rotatable bonds is 6. The first-order valence-electron chi connectivity index (χ1n) is 6.91. The van der Waals surface area contributed by atoms with Gasteiger partial charge in [0.2, 0.25) is 0 Å². The van der Waals surface area contributed by atoms with Gasteiger partial charge in [-0.05, 0) is 43.1 Å². The van der Waals surface area contributed by atoms with Gasteiger partial charge in [0.1, 0.15) is 22.5 Å². The summed E-state index contributed by atoms with van der Waals surface area (Å²) in [5, 5.41) is 4.23. The lowest BCUT2D eigenvalue weighted by molar-refractivity contribution is 0.876. The molecule has 0 radical (unpaired) electrons. The molecule has 0 atom stereocenters. The first-order chi connectivity index (χ1) is 9.78. The minimum absolute atomic E-state index is 0.550. The molecule has 1 aliphatic rings. The molecule has 2 aromatic rings. The van der Waals surface area contributed by atoms with Crippen LogP contribution in [0.1, 0.15) is 44.3 Å². The second-order valence-electron chi connectivity index (χ2n) is 4.69. The Labute approximate surface area is 126 Å². The molecule has 0 bridgehead atoms. The highest BCUT2D eigenvalue weighted by Crippen LogP contribution is 2.39. The summed E-state index contributed by atoms with van der Waals surface area (Å²) in [6, 6.07) is 1.99. The molecule has 1 saturated carbocycles. The van der Waals surface area contributed by atoms with Crippen molar-refractivity contribution in [2.24, 2.45) is 0 Å². The lowest BCUT2D eigenvalue weighted by Crippen LogP contribution is -2.03. The van der Waals surface area contributed by atoms with E-state index in [1.165, 1.54) is 24.4 Å². The summed E-state index contributed by atoms with van der Waals surface area (Å²) >= 11 is 3.02. The van der Waals surface area contributed by atoms with Gasteiger partial charge in [-0.2, -0.15) is 4.37 Å². The van der Waals surface area contributed by atoms with Gasteiger partial charge in [-0.3, -0.25) is 0 Å². The summed E-state index contributed by atoms with van der Waals surface area (Å²) < 4.78 is 5.26. The van der Waals surface area contributed by atoms with Gasteiger partial charge in [0.05, 0.1) is 0 Å². The largest absolute Gasteiger partial charge is 0.370 e. The van der Waals surface area contributed by atoms with Gasteiger partial charge in [0.25, 0.3) is 0 Å². The van der Waals surface area contributed by atoms with Gasteiger partial charge in [-0.1, -0.05) is 6.92 Å². The van der Waals surface area contributed by atoms with E-state index in [4.69, 9.17) is 0 Å². The number of aromatic nitrogens is 4. The zero-order valence-corrected chi connectivity index (χ0v) is 13.2. The Morgan fingerprint density at radius 1 is 1.30 bits per heavy atom. The topological polar surface area (TPSA) is 63.6 Å². The normalized spacial score (nSPS) is 14.5. The molecule has 0 unspecified atom stereocenters. The third-order valence-electron chi connectivity index (χ3n) is 2.98. The van der Waals surface area contributed by atoms with E-state index in [2.05, 4.69) is 38.5 Å². The Bertz CT molecular complexity index is 594. The fourth-order valence-electron chi connectivity index (χ4n) is 1.80. The Morgan fingerprint density at radius 2 is 2.15 bits per heavy atom. The number of anilines is 1. The fraction of sp³-hybridized carbons (Fsp3) is 0.538. The average molecular weight is 307 g/mol. The van der Waals surface area contributed by atoms with Crippen molar-refractivity contribution in [1.82, 2.24) is 19.3 Å². The van der Waals surface area contributed by atoms with Gasteiger partial charge < -0.3 is 5.32 Å². The summed E-state index contributed by atoms with van der Waals surface area (Å²) in [7, 11) is 0. The lowest BCUT2D eigenvalue weighted by Gasteiger charge is -2.07. The van der Waals surface area contributed by atoms with E-state index in [0.717, 1.165) is 39.8 Å². The first kappa shape index (κ1) is 13.8. The van der Waals surface area contributed by atoms with Crippen LogP contribution in [0.5, 0.6) is 0 Å². The van der Waals surface area contributed by atoms with Gasteiger partial charge in [0, 0.05) is 24.9 Å². The molecule has 0 amide bonds. The third kappa shape index (κ3) is 3.27. The van der Waals surface area contributed by atoms with E-state index in [-0.39, 0.29) is 0 Å². The minimum atomic E-state index is 0.550. The van der Waals surface area contributed by atoms with Crippen LogP contribution < -0.4 is 5.32 Å². The number of hydrogen-bond acceptors (Lipinski definition) is 7. The lowest BCUT2D eigenvalue weighted by atomic mass is 10.4. The number of hydrogen-bond donors (Lipinski definition) is 1. The highest BCUT2D eigenvalue weighted by atomic mass is 32.2. The SMILES string of the molecule is CCNc1cc(Sc2nc(CC)ns2)nc(C2CC2)n1. The van der Waals surface area contributed by atoms with Crippen LogP contribution in [0.4, 0.5) is 5.82 Å². The summed E-state index contributed by atoms with van der Waals surface area (Å²) in [6.07, 6.45) is 3.29. The van der Waals surface area contributed by atoms with Crippen LogP contribution in [-0.4, -0.2) is 25.9 Å². The van der Waals surface area contributed by atoms with Crippen LogP contribution in [0.15, 0.2) is 15.4 Å². The van der Waals surface area contributed by atoms with Crippen molar-refractivity contribution in [2.45, 2.75) is 48.4 Å². The standard InChI is InChI=1S/C13H17N5S2/c1-3-9-16-13(20-18-9)19-11-7-10(14-4-2)15-12(17-11)8-5-6-8/h7-8H,3-6H2,1-2H3,(H,14,15,17). The fourth-order valence-corrected chi connectivity index (χ4v) is 3.46. The molecular weight excluding hydrogens is 290 g/mol. The Morgan fingerprint density at radius 3 is 2.80 bits per heavy atom. The monoisotopic (exact) mass is 307 g/mol. The third-order valence-corrected chi connectivity index (χ3v) is 4.69.